The lowest BCUT2D eigenvalue weighted by Crippen LogP contribution is -1.91. The summed E-state index contributed by atoms with van der Waals surface area (Å²) in [6.07, 6.45) is 3.08. The van der Waals surface area contributed by atoms with Crippen LogP contribution in [-0.2, 0) is 0 Å². The van der Waals surface area contributed by atoms with Crippen LogP contribution in [0.1, 0.15) is 24.6 Å². The van der Waals surface area contributed by atoms with Crippen LogP contribution < -0.4 is 4.74 Å². The number of fused-ring (bicyclic) bond motifs is 1. The standard InChI is InChI=1S/C19H19N3OS2/c1-3-23-15-8-6-14(7-9-15)16-13(2)25-19-17(16)18(21-12-22-19)24-11-5-4-10-20/h6-9,12H,3-5,11H2,1-2H3. The maximum absolute atomic E-state index is 8.70. The van der Waals surface area contributed by atoms with E-state index in [0.717, 1.165) is 38.7 Å². The largest absolute Gasteiger partial charge is 0.494 e. The predicted molar refractivity (Wildman–Crippen MR) is 104 cm³/mol. The smallest absolute Gasteiger partial charge is 0.128 e. The summed E-state index contributed by atoms with van der Waals surface area (Å²) in [4.78, 5) is 11.2. The van der Waals surface area contributed by atoms with E-state index in [4.69, 9.17) is 10.00 Å². The zero-order valence-electron chi connectivity index (χ0n) is 14.3. The Balaban J connectivity index is 1.99. The molecule has 0 radical (unpaired) electrons. The molecule has 6 heteroatoms. The van der Waals surface area contributed by atoms with Crippen molar-refractivity contribution in [3.05, 3.63) is 35.5 Å². The molecule has 1 aromatic carbocycles. The minimum absolute atomic E-state index is 0.579. The van der Waals surface area contributed by atoms with Gasteiger partial charge in [-0.25, -0.2) is 9.97 Å². The summed E-state index contributed by atoms with van der Waals surface area (Å²) in [5.41, 5.74) is 2.35. The summed E-state index contributed by atoms with van der Waals surface area (Å²) in [5, 5.41) is 10.8. The van der Waals surface area contributed by atoms with Gasteiger partial charge in [-0.15, -0.1) is 23.1 Å². The Morgan fingerprint density at radius 3 is 2.76 bits per heavy atom. The molecule has 0 aliphatic carbocycles. The van der Waals surface area contributed by atoms with Crippen LogP contribution in [0.2, 0.25) is 0 Å². The molecule has 2 heterocycles. The third kappa shape index (κ3) is 3.94. The molecule has 2 aromatic heterocycles. The van der Waals surface area contributed by atoms with Crippen LogP contribution in [0.5, 0.6) is 5.75 Å². The minimum Gasteiger partial charge on any atom is -0.494 e. The monoisotopic (exact) mass is 369 g/mol. The quantitative estimate of drug-likeness (QED) is 0.314. The minimum atomic E-state index is 0.579. The summed E-state index contributed by atoms with van der Waals surface area (Å²) in [5.74, 6) is 1.77. The molecule has 0 spiro atoms. The van der Waals surface area contributed by atoms with Crippen molar-refractivity contribution in [3.63, 3.8) is 0 Å². The molecular weight excluding hydrogens is 350 g/mol. The number of unbranched alkanes of at least 4 members (excludes halogenated alkanes) is 1. The molecule has 25 heavy (non-hydrogen) atoms. The van der Waals surface area contributed by atoms with Crippen molar-refractivity contribution in [2.24, 2.45) is 0 Å². The maximum atomic E-state index is 8.70. The number of benzene rings is 1. The number of nitriles is 1. The average Bonchev–Trinajstić information content (AvgIpc) is 2.96. The van der Waals surface area contributed by atoms with E-state index in [-0.39, 0.29) is 0 Å². The van der Waals surface area contributed by atoms with E-state index < -0.39 is 0 Å². The number of ether oxygens (including phenoxy) is 1. The van der Waals surface area contributed by atoms with Crippen LogP contribution >= 0.6 is 23.1 Å². The lowest BCUT2D eigenvalue weighted by molar-refractivity contribution is 0.340. The van der Waals surface area contributed by atoms with Crippen molar-refractivity contribution in [2.75, 3.05) is 12.4 Å². The van der Waals surface area contributed by atoms with Crippen molar-refractivity contribution in [1.82, 2.24) is 9.97 Å². The number of rotatable bonds is 7. The molecule has 0 atom stereocenters. The summed E-state index contributed by atoms with van der Waals surface area (Å²) in [6, 6.07) is 10.4. The van der Waals surface area contributed by atoms with Gasteiger partial charge < -0.3 is 4.74 Å². The first-order valence-corrected chi connectivity index (χ1v) is 10.0. The second kappa shape index (κ2) is 8.32. The number of hydrogen-bond acceptors (Lipinski definition) is 6. The molecule has 0 N–H and O–H groups in total. The van der Waals surface area contributed by atoms with E-state index in [1.54, 1.807) is 29.4 Å². The normalized spacial score (nSPS) is 10.8. The fraction of sp³-hybridized carbons (Fsp3) is 0.316. The molecule has 0 saturated heterocycles. The van der Waals surface area contributed by atoms with Crippen molar-refractivity contribution < 1.29 is 4.74 Å². The molecule has 128 valence electrons. The third-order valence-electron chi connectivity index (χ3n) is 3.76. The Labute approximate surface area is 155 Å². The predicted octanol–water partition coefficient (Wildman–Crippen LogP) is 5.46. The van der Waals surface area contributed by atoms with Gasteiger partial charge in [0.1, 0.15) is 21.9 Å². The molecule has 0 aliphatic rings. The van der Waals surface area contributed by atoms with E-state index in [2.05, 4.69) is 35.1 Å². The Kier molecular flexibility index (Phi) is 5.90. The molecule has 0 bridgehead atoms. The van der Waals surface area contributed by atoms with Gasteiger partial charge in [0.25, 0.3) is 0 Å². The number of aromatic nitrogens is 2. The second-order valence-corrected chi connectivity index (χ2v) is 7.75. The van der Waals surface area contributed by atoms with E-state index in [0.29, 0.717) is 13.0 Å². The molecule has 3 rings (SSSR count). The third-order valence-corrected chi connectivity index (χ3v) is 5.84. The summed E-state index contributed by atoms with van der Waals surface area (Å²) < 4.78 is 5.54. The lowest BCUT2D eigenvalue weighted by Gasteiger charge is -2.07. The second-order valence-electron chi connectivity index (χ2n) is 5.46. The van der Waals surface area contributed by atoms with Gasteiger partial charge in [0.2, 0.25) is 0 Å². The first-order valence-electron chi connectivity index (χ1n) is 8.21. The average molecular weight is 370 g/mol. The summed E-state index contributed by atoms with van der Waals surface area (Å²) >= 11 is 3.40. The maximum Gasteiger partial charge on any atom is 0.128 e. The van der Waals surface area contributed by atoms with Crippen molar-refractivity contribution in [1.29, 1.82) is 5.26 Å². The molecule has 4 nitrogen and oxygen atoms in total. The molecule has 0 amide bonds. The van der Waals surface area contributed by atoms with E-state index in [1.165, 1.54) is 10.4 Å². The van der Waals surface area contributed by atoms with Gasteiger partial charge in [-0.1, -0.05) is 12.1 Å². The molecule has 0 fully saturated rings. The Bertz CT molecular complexity index is 897. The highest BCUT2D eigenvalue weighted by Crippen LogP contribution is 2.41. The number of thiophene rings is 1. The van der Waals surface area contributed by atoms with Gasteiger partial charge in [-0.3, -0.25) is 0 Å². The first kappa shape index (κ1) is 17.7. The molecule has 0 aliphatic heterocycles. The van der Waals surface area contributed by atoms with E-state index in [9.17, 15) is 0 Å². The van der Waals surface area contributed by atoms with Gasteiger partial charge in [0.15, 0.2) is 0 Å². The topological polar surface area (TPSA) is 58.8 Å². The van der Waals surface area contributed by atoms with Crippen molar-refractivity contribution >= 4 is 33.3 Å². The van der Waals surface area contributed by atoms with Crippen molar-refractivity contribution in [3.8, 4) is 22.9 Å². The molecule has 0 saturated carbocycles. The van der Waals surface area contributed by atoms with Crippen LogP contribution in [0.25, 0.3) is 21.3 Å². The van der Waals surface area contributed by atoms with Gasteiger partial charge >= 0.3 is 0 Å². The van der Waals surface area contributed by atoms with Crippen LogP contribution in [0, 0.1) is 18.3 Å². The fourth-order valence-corrected chi connectivity index (χ4v) is 4.70. The highest BCUT2D eigenvalue weighted by Gasteiger charge is 2.17. The highest BCUT2D eigenvalue weighted by atomic mass is 32.2. The zero-order valence-corrected chi connectivity index (χ0v) is 15.9. The van der Waals surface area contributed by atoms with E-state index >= 15 is 0 Å². The fourth-order valence-electron chi connectivity index (χ4n) is 2.68. The SMILES string of the molecule is CCOc1ccc(-c2c(C)sc3ncnc(SCCCC#N)c23)cc1. The van der Waals surface area contributed by atoms with Crippen LogP contribution in [0.4, 0.5) is 0 Å². The van der Waals surface area contributed by atoms with Gasteiger partial charge in [0.05, 0.1) is 18.1 Å². The van der Waals surface area contributed by atoms with Crippen molar-refractivity contribution in [2.45, 2.75) is 31.7 Å². The molecule has 0 unspecified atom stereocenters. The Morgan fingerprint density at radius 2 is 2.04 bits per heavy atom. The molecule has 3 aromatic rings. The van der Waals surface area contributed by atoms with E-state index in [1.807, 2.05) is 19.1 Å². The highest BCUT2D eigenvalue weighted by molar-refractivity contribution is 7.99. The van der Waals surface area contributed by atoms with Crippen LogP contribution in [0.3, 0.4) is 0 Å². The molecular formula is C19H19N3OS2. The number of hydrogen-bond donors (Lipinski definition) is 0. The number of thioether (sulfide) groups is 1. The first-order chi connectivity index (χ1) is 12.2. The number of nitrogens with zero attached hydrogens (tertiary/aromatic N) is 3. The van der Waals surface area contributed by atoms with Gasteiger partial charge in [-0.05, 0) is 38.0 Å². The lowest BCUT2D eigenvalue weighted by atomic mass is 10.0. The summed E-state index contributed by atoms with van der Waals surface area (Å²) in [7, 11) is 0. The van der Waals surface area contributed by atoms with Crippen LogP contribution in [0.15, 0.2) is 35.6 Å². The zero-order chi connectivity index (χ0) is 17.6. The summed E-state index contributed by atoms with van der Waals surface area (Å²) in [6.45, 7) is 4.77. The van der Waals surface area contributed by atoms with Crippen LogP contribution in [-0.4, -0.2) is 22.3 Å². The Hall–Kier alpha value is -2.10. The van der Waals surface area contributed by atoms with Gasteiger partial charge in [-0.2, -0.15) is 5.26 Å². The Morgan fingerprint density at radius 1 is 1.24 bits per heavy atom. The van der Waals surface area contributed by atoms with Gasteiger partial charge in [0, 0.05) is 22.6 Å². The number of aryl methyl sites for hydroxylation is 1.